The SMILES string of the molecule is Cc1ccc(NC(=O)c2cccnc2SCc2c(C)noc2C)cc1I. The van der Waals surface area contributed by atoms with Gasteiger partial charge in [-0.3, -0.25) is 4.79 Å². The van der Waals surface area contributed by atoms with Gasteiger partial charge in [0.25, 0.3) is 5.91 Å². The number of carbonyl (C=O) groups excluding carboxylic acids is 1. The predicted octanol–water partition coefficient (Wildman–Crippen LogP) is 5.14. The summed E-state index contributed by atoms with van der Waals surface area (Å²) < 4.78 is 6.31. The largest absolute Gasteiger partial charge is 0.361 e. The molecule has 0 fully saturated rings. The van der Waals surface area contributed by atoms with Crippen LogP contribution in [0.1, 0.15) is 32.9 Å². The van der Waals surface area contributed by atoms with Crippen molar-refractivity contribution < 1.29 is 9.32 Å². The molecule has 2 aromatic heterocycles. The standard InChI is InChI=1S/C19H18IN3O2S/c1-11-6-7-14(9-17(11)20)22-18(24)15-5-4-8-21-19(15)26-10-16-12(2)23-25-13(16)3/h4-9H,10H2,1-3H3,(H,22,24). The highest BCUT2D eigenvalue weighted by Crippen LogP contribution is 2.28. The number of nitrogens with one attached hydrogen (secondary N) is 1. The number of rotatable bonds is 5. The van der Waals surface area contributed by atoms with Gasteiger partial charge >= 0.3 is 0 Å². The Morgan fingerprint density at radius 1 is 1.27 bits per heavy atom. The Kier molecular flexibility index (Phi) is 5.98. The second-order valence-corrected chi connectivity index (χ2v) is 7.99. The van der Waals surface area contributed by atoms with Crippen LogP contribution in [0.5, 0.6) is 0 Å². The van der Waals surface area contributed by atoms with Gasteiger partial charge in [-0.2, -0.15) is 0 Å². The Bertz CT molecular complexity index is 936. The highest BCUT2D eigenvalue weighted by molar-refractivity contribution is 14.1. The third-order valence-corrected chi connectivity index (χ3v) is 6.17. The molecular weight excluding hydrogens is 461 g/mol. The maximum atomic E-state index is 12.7. The van der Waals surface area contributed by atoms with Gasteiger partial charge in [0.15, 0.2) is 0 Å². The second-order valence-electron chi connectivity index (χ2n) is 5.87. The fourth-order valence-corrected chi connectivity index (χ4v) is 4.06. The molecule has 0 saturated heterocycles. The fraction of sp³-hybridized carbons (Fsp3) is 0.211. The Labute approximate surface area is 170 Å². The van der Waals surface area contributed by atoms with E-state index < -0.39 is 0 Å². The Hall–Kier alpha value is -1.87. The van der Waals surface area contributed by atoms with Crippen molar-refractivity contribution in [2.24, 2.45) is 0 Å². The van der Waals surface area contributed by atoms with E-state index in [0.717, 1.165) is 26.3 Å². The topological polar surface area (TPSA) is 68.0 Å². The minimum Gasteiger partial charge on any atom is -0.361 e. The quantitative estimate of drug-likeness (QED) is 0.405. The number of halogens is 1. The van der Waals surface area contributed by atoms with Gasteiger partial charge in [0.1, 0.15) is 10.8 Å². The zero-order valence-corrected chi connectivity index (χ0v) is 17.6. The molecule has 0 atom stereocenters. The number of carbonyl (C=O) groups is 1. The lowest BCUT2D eigenvalue weighted by atomic mass is 10.2. The van der Waals surface area contributed by atoms with Crippen molar-refractivity contribution in [2.45, 2.75) is 31.6 Å². The maximum absolute atomic E-state index is 12.7. The van der Waals surface area contributed by atoms with E-state index in [9.17, 15) is 4.79 Å². The molecular formula is C19H18IN3O2S. The zero-order chi connectivity index (χ0) is 18.7. The van der Waals surface area contributed by atoms with Gasteiger partial charge in [-0.25, -0.2) is 4.98 Å². The molecule has 134 valence electrons. The van der Waals surface area contributed by atoms with E-state index in [1.807, 2.05) is 39.0 Å². The van der Waals surface area contributed by atoms with Crippen LogP contribution in [0.3, 0.4) is 0 Å². The van der Waals surface area contributed by atoms with Gasteiger partial charge in [0.05, 0.1) is 11.3 Å². The molecule has 0 spiro atoms. The molecule has 26 heavy (non-hydrogen) atoms. The number of hydrogen-bond acceptors (Lipinski definition) is 5. The lowest BCUT2D eigenvalue weighted by molar-refractivity contribution is 0.102. The molecule has 7 heteroatoms. The van der Waals surface area contributed by atoms with Gasteiger partial charge in [-0.15, -0.1) is 11.8 Å². The van der Waals surface area contributed by atoms with Crippen LogP contribution in [0, 0.1) is 24.3 Å². The molecule has 2 heterocycles. The molecule has 3 rings (SSSR count). The highest BCUT2D eigenvalue weighted by atomic mass is 127. The van der Waals surface area contributed by atoms with Crippen molar-refractivity contribution in [3.05, 3.63) is 68.2 Å². The van der Waals surface area contributed by atoms with Crippen LogP contribution < -0.4 is 5.32 Å². The molecule has 0 bridgehead atoms. The number of nitrogens with zero attached hydrogens (tertiary/aromatic N) is 2. The van der Waals surface area contributed by atoms with Crippen LogP contribution in [-0.2, 0) is 5.75 Å². The van der Waals surface area contributed by atoms with Gasteiger partial charge in [0, 0.05) is 26.8 Å². The normalized spacial score (nSPS) is 10.8. The Morgan fingerprint density at radius 3 is 2.77 bits per heavy atom. The monoisotopic (exact) mass is 479 g/mol. The first-order chi connectivity index (χ1) is 12.5. The Morgan fingerprint density at radius 2 is 2.08 bits per heavy atom. The number of amides is 1. The molecule has 1 N–H and O–H groups in total. The van der Waals surface area contributed by atoms with Crippen LogP contribution in [0.4, 0.5) is 5.69 Å². The van der Waals surface area contributed by atoms with Crippen LogP contribution in [0.25, 0.3) is 0 Å². The first-order valence-corrected chi connectivity index (χ1v) is 10.1. The second kappa shape index (κ2) is 8.22. The van der Waals surface area contributed by atoms with Crippen molar-refractivity contribution in [2.75, 3.05) is 5.32 Å². The molecule has 1 amide bonds. The number of aryl methyl sites for hydroxylation is 3. The summed E-state index contributed by atoms with van der Waals surface area (Å²) in [5.74, 6) is 1.28. The van der Waals surface area contributed by atoms with Crippen molar-refractivity contribution in [3.63, 3.8) is 0 Å². The molecule has 0 radical (unpaired) electrons. The van der Waals surface area contributed by atoms with Crippen LogP contribution in [0.2, 0.25) is 0 Å². The molecule has 0 aliphatic rings. The molecule has 5 nitrogen and oxygen atoms in total. The van der Waals surface area contributed by atoms with Gasteiger partial charge < -0.3 is 9.84 Å². The maximum Gasteiger partial charge on any atom is 0.258 e. The van der Waals surface area contributed by atoms with E-state index in [-0.39, 0.29) is 5.91 Å². The lowest BCUT2D eigenvalue weighted by Crippen LogP contribution is -2.13. The minimum absolute atomic E-state index is 0.168. The summed E-state index contributed by atoms with van der Waals surface area (Å²) in [5, 5.41) is 7.61. The first-order valence-electron chi connectivity index (χ1n) is 8.02. The number of pyridine rings is 1. The third-order valence-electron chi connectivity index (χ3n) is 3.98. The summed E-state index contributed by atoms with van der Waals surface area (Å²) in [4.78, 5) is 17.1. The van der Waals surface area contributed by atoms with Crippen LogP contribution in [-0.4, -0.2) is 16.0 Å². The molecule has 0 saturated carbocycles. The molecule has 0 aliphatic carbocycles. The van der Waals surface area contributed by atoms with E-state index >= 15 is 0 Å². The van der Waals surface area contributed by atoms with Crippen LogP contribution in [0.15, 0.2) is 46.1 Å². The predicted molar refractivity (Wildman–Crippen MR) is 112 cm³/mol. The van der Waals surface area contributed by atoms with Crippen molar-refractivity contribution >= 4 is 45.9 Å². The third kappa shape index (κ3) is 4.27. The van der Waals surface area contributed by atoms with E-state index in [2.05, 4.69) is 38.0 Å². The summed E-state index contributed by atoms with van der Waals surface area (Å²) in [5.41, 5.74) is 4.42. The van der Waals surface area contributed by atoms with Gasteiger partial charge in [-0.05, 0) is 73.2 Å². The van der Waals surface area contributed by atoms with Gasteiger partial charge in [0.2, 0.25) is 0 Å². The van der Waals surface area contributed by atoms with Crippen molar-refractivity contribution in [1.29, 1.82) is 0 Å². The summed E-state index contributed by atoms with van der Waals surface area (Å²) in [7, 11) is 0. The van der Waals surface area contributed by atoms with E-state index in [4.69, 9.17) is 4.52 Å². The van der Waals surface area contributed by atoms with E-state index in [1.165, 1.54) is 17.3 Å². The molecule has 1 aromatic carbocycles. The van der Waals surface area contributed by atoms with E-state index in [1.54, 1.807) is 18.3 Å². The number of anilines is 1. The summed E-state index contributed by atoms with van der Waals surface area (Å²) in [6.45, 7) is 5.84. The fourth-order valence-electron chi connectivity index (χ4n) is 2.40. The summed E-state index contributed by atoms with van der Waals surface area (Å²) in [6.07, 6.45) is 1.70. The Balaban J connectivity index is 1.77. The molecule has 0 aliphatic heterocycles. The number of aromatic nitrogens is 2. The summed E-state index contributed by atoms with van der Waals surface area (Å²) >= 11 is 3.76. The first kappa shape index (κ1) is 18.9. The summed E-state index contributed by atoms with van der Waals surface area (Å²) in [6, 6.07) is 9.42. The zero-order valence-electron chi connectivity index (χ0n) is 14.7. The molecule has 3 aromatic rings. The smallest absolute Gasteiger partial charge is 0.258 e. The van der Waals surface area contributed by atoms with Gasteiger partial charge in [-0.1, -0.05) is 11.2 Å². The molecule has 0 unspecified atom stereocenters. The number of thioether (sulfide) groups is 1. The number of benzene rings is 1. The minimum atomic E-state index is -0.168. The van der Waals surface area contributed by atoms with Crippen molar-refractivity contribution in [3.8, 4) is 0 Å². The number of hydrogen-bond donors (Lipinski definition) is 1. The van der Waals surface area contributed by atoms with E-state index in [0.29, 0.717) is 16.3 Å². The highest BCUT2D eigenvalue weighted by Gasteiger charge is 2.16. The average Bonchev–Trinajstić information content (AvgIpc) is 2.94. The average molecular weight is 479 g/mol. The van der Waals surface area contributed by atoms with Crippen LogP contribution >= 0.6 is 34.4 Å². The van der Waals surface area contributed by atoms with Crippen molar-refractivity contribution in [1.82, 2.24) is 10.1 Å². The lowest BCUT2D eigenvalue weighted by Gasteiger charge is -2.10.